The maximum atomic E-state index is 12.1. The maximum absolute atomic E-state index is 12.1. The molecular formula is C13H11N3O2S2. The van der Waals surface area contributed by atoms with Crippen molar-refractivity contribution in [3.8, 4) is 0 Å². The molecule has 102 valence electrons. The largest absolute Gasteiger partial charge is 0.451 e. The predicted molar refractivity (Wildman–Crippen MR) is 80.5 cm³/mol. The molecule has 0 aliphatic heterocycles. The van der Waals surface area contributed by atoms with Crippen LogP contribution in [0.15, 0.2) is 39.1 Å². The van der Waals surface area contributed by atoms with Crippen molar-refractivity contribution in [2.75, 3.05) is 11.1 Å². The lowest BCUT2D eigenvalue weighted by Gasteiger charge is -1.95. The molecule has 5 nitrogen and oxygen atoms in total. The molecule has 0 fully saturated rings. The minimum atomic E-state index is -0.314. The van der Waals surface area contributed by atoms with Crippen molar-refractivity contribution < 1.29 is 9.21 Å². The average molecular weight is 305 g/mol. The first-order valence-corrected chi connectivity index (χ1v) is 7.82. The second-order valence-electron chi connectivity index (χ2n) is 3.91. The molecule has 0 unspecified atom stereocenters. The zero-order chi connectivity index (χ0) is 13.9. The highest BCUT2D eigenvalue weighted by Crippen LogP contribution is 2.26. The highest BCUT2D eigenvalue weighted by atomic mass is 32.2. The number of hydrogen-bond donors (Lipinski definition) is 1. The fourth-order valence-electron chi connectivity index (χ4n) is 1.69. The third kappa shape index (κ3) is 2.68. The Balaban J connectivity index is 1.77. The predicted octanol–water partition coefficient (Wildman–Crippen LogP) is 3.65. The van der Waals surface area contributed by atoms with Crippen molar-refractivity contribution in [3.63, 3.8) is 0 Å². The number of fused-ring (bicyclic) bond motifs is 1. The van der Waals surface area contributed by atoms with Crippen LogP contribution in [-0.4, -0.2) is 21.9 Å². The summed E-state index contributed by atoms with van der Waals surface area (Å²) < 4.78 is 6.34. The molecule has 20 heavy (non-hydrogen) atoms. The first-order valence-electron chi connectivity index (χ1n) is 6.02. The van der Waals surface area contributed by atoms with Gasteiger partial charge in [0.25, 0.3) is 5.91 Å². The summed E-state index contributed by atoms with van der Waals surface area (Å²) in [6.45, 7) is 2.04. The van der Waals surface area contributed by atoms with E-state index < -0.39 is 0 Å². The first kappa shape index (κ1) is 13.1. The van der Waals surface area contributed by atoms with Gasteiger partial charge in [0.1, 0.15) is 5.58 Å². The Morgan fingerprint density at radius 2 is 2.25 bits per heavy atom. The summed E-state index contributed by atoms with van der Waals surface area (Å²) in [6.07, 6.45) is 0. The lowest BCUT2D eigenvalue weighted by Crippen LogP contribution is -2.10. The summed E-state index contributed by atoms with van der Waals surface area (Å²) in [5.41, 5.74) is 0.692. The number of anilines is 1. The van der Waals surface area contributed by atoms with E-state index in [0.29, 0.717) is 10.7 Å². The van der Waals surface area contributed by atoms with E-state index in [2.05, 4.69) is 15.5 Å². The molecular weight excluding hydrogens is 294 g/mol. The van der Waals surface area contributed by atoms with Crippen LogP contribution >= 0.6 is 23.1 Å². The molecule has 1 aromatic carbocycles. The lowest BCUT2D eigenvalue weighted by atomic mass is 10.2. The SMILES string of the molecule is CCSc1nnc(NC(=O)c2cc3ccccc3o2)s1. The average Bonchev–Trinajstić information content (AvgIpc) is 3.05. The molecule has 0 bridgehead atoms. The van der Waals surface area contributed by atoms with Crippen molar-refractivity contribution in [3.05, 3.63) is 36.1 Å². The fourth-order valence-corrected chi connectivity index (χ4v) is 3.34. The van der Waals surface area contributed by atoms with Crippen LogP contribution in [0.25, 0.3) is 11.0 Å². The molecule has 3 rings (SSSR count). The normalized spacial score (nSPS) is 10.8. The van der Waals surface area contributed by atoms with Crippen molar-refractivity contribution in [2.45, 2.75) is 11.3 Å². The lowest BCUT2D eigenvalue weighted by molar-refractivity contribution is 0.0998. The number of amides is 1. The minimum absolute atomic E-state index is 0.270. The van der Waals surface area contributed by atoms with Gasteiger partial charge < -0.3 is 4.42 Å². The number of carbonyl (C=O) groups is 1. The van der Waals surface area contributed by atoms with Gasteiger partial charge in [0.05, 0.1) is 0 Å². The Hall–Kier alpha value is -1.86. The van der Waals surface area contributed by atoms with Crippen LogP contribution in [-0.2, 0) is 0 Å². The molecule has 1 N–H and O–H groups in total. The Kier molecular flexibility index (Phi) is 3.70. The number of aromatic nitrogens is 2. The molecule has 3 aromatic rings. The first-order chi connectivity index (χ1) is 9.76. The van der Waals surface area contributed by atoms with Gasteiger partial charge in [-0.3, -0.25) is 10.1 Å². The van der Waals surface area contributed by atoms with Gasteiger partial charge in [-0.1, -0.05) is 48.2 Å². The van der Waals surface area contributed by atoms with E-state index >= 15 is 0 Å². The highest BCUT2D eigenvalue weighted by Gasteiger charge is 2.14. The van der Waals surface area contributed by atoms with Gasteiger partial charge in [-0.2, -0.15) is 0 Å². The summed E-state index contributed by atoms with van der Waals surface area (Å²) in [5, 5.41) is 12.0. The van der Waals surface area contributed by atoms with Crippen LogP contribution in [0.1, 0.15) is 17.5 Å². The zero-order valence-electron chi connectivity index (χ0n) is 10.6. The van der Waals surface area contributed by atoms with Gasteiger partial charge >= 0.3 is 0 Å². The number of furan rings is 1. The summed E-state index contributed by atoms with van der Waals surface area (Å²) >= 11 is 2.95. The van der Waals surface area contributed by atoms with E-state index in [9.17, 15) is 4.79 Å². The number of thioether (sulfide) groups is 1. The van der Waals surface area contributed by atoms with Gasteiger partial charge in [0, 0.05) is 5.39 Å². The topological polar surface area (TPSA) is 68.0 Å². The molecule has 0 atom stereocenters. The number of hydrogen-bond acceptors (Lipinski definition) is 6. The van der Waals surface area contributed by atoms with Crippen molar-refractivity contribution in [1.29, 1.82) is 0 Å². The highest BCUT2D eigenvalue weighted by molar-refractivity contribution is 8.01. The standard InChI is InChI=1S/C13H11N3O2S2/c1-2-19-13-16-15-12(20-13)14-11(17)10-7-8-5-3-4-6-9(8)18-10/h3-7H,2H2,1H3,(H,14,15,17). The van der Waals surface area contributed by atoms with Gasteiger partial charge in [0.15, 0.2) is 10.1 Å². The number of nitrogens with zero attached hydrogens (tertiary/aromatic N) is 2. The van der Waals surface area contributed by atoms with Crippen LogP contribution in [0.3, 0.4) is 0 Å². The zero-order valence-corrected chi connectivity index (χ0v) is 12.3. The molecule has 0 radical (unpaired) electrons. The fraction of sp³-hybridized carbons (Fsp3) is 0.154. The van der Waals surface area contributed by atoms with Crippen LogP contribution in [0.5, 0.6) is 0 Å². The third-order valence-corrected chi connectivity index (χ3v) is 4.40. The minimum Gasteiger partial charge on any atom is -0.451 e. The van der Waals surface area contributed by atoms with E-state index in [0.717, 1.165) is 15.5 Å². The smallest absolute Gasteiger partial charge is 0.293 e. The van der Waals surface area contributed by atoms with Crippen LogP contribution in [0, 0.1) is 0 Å². The van der Waals surface area contributed by atoms with Gasteiger partial charge in [-0.25, -0.2) is 0 Å². The second kappa shape index (κ2) is 5.64. The van der Waals surface area contributed by atoms with Crippen molar-refractivity contribution in [1.82, 2.24) is 10.2 Å². The third-order valence-electron chi connectivity index (χ3n) is 2.54. The van der Waals surface area contributed by atoms with Crippen molar-refractivity contribution >= 4 is 45.1 Å². The number of benzene rings is 1. The Morgan fingerprint density at radius 1 is 1.40 bits per heavy atom. The Morgan fingerprint density at radius 3 is 3.05 bits per heavy atom. The van der Waals surface area contributed by atoms with Gasteiger partial charge in [-0.05, 0) is 17.9 Å². The Bertz CT molecular complexity index is 718. The molecule has 0 saturated heterocycles. The molecule has 2 heterocycles. The summed E-state index contributed by atoms with van der Waals surface area (Å²) in [5.74, 6) is 0.878. The number of nitrogens with one attached hydrogen (secondary N) is 1. The quantitative estimate of drug-likeness (QED) is 0.588. The number of para-hydroxylation sites is 1. The molecule has 0 aliphatic carbocycles. The van der Waals surface area contributed by atoms with Crippen LogP contribution < -0.4 is 5.32 Å². The molecule has 2 aromatic heterocycles. The number of carbonyl (C=O) groups excluding carboxylic acids is 1. The molecule has 0 spiro atoms. The molecule has 1 amide bonds. The molecule has 7 heteroatoms. The van der Waals surface area contributed by atoms with Crippen LogP contribution in [0.4, 0.5) is 5.13 Å². The van der Waals surface area contributed by atoms with E-state index in [1.54, 1.807) is 17.8 Å². The number of rotatable bonds is 4. The monoisotopic (exact) mass is 305 g/mol. The summed E-state index contributed by atoms with van der Waals surface area (Å²) in [6, 6.07) is 9.21. The Labute approximate surface area is 123 Å². The van der Waals surface area contributed by atoms with E-state index in [4.69, 9.17) is 4.42 Å². The van der Waals surface area contributed by atoms with E-state index in [-0.39, 0.29) is 11.7 Å². The van der Waals surface area contributed by atoms with Gasteiger partial charge in [-0.15, -0.1) is 10.2 Å². The van der Waals surface area contributed by atoms with Gasteiger partial charge in [0.2, 0.25) is 5.13 Å². The summed E-state index contributed by atoms with van der Waals surface area (Å²) in [7, 11) is 0. The van der Waals surface area contributed by atoms with E-state index in [1.165, 1.54) is 11.3 Å². The van der Waals surface area contributed by atoms with E-state index in [1.807, 2.05) is 31.2 Å². The molecule has 0 saturated carbocycles. The van der Waals surface area contributed by atoms with Crippen LogP contribution in [0.2, 0.25) is 0 Å². The second-order valence-corrected chi connectivity index (χ2v) is 6.40. The van der Waals surface area contributed by atoms with Crippen molar-refractivity contribution in [2.24, 2.45) is 0 Å². The molecule has 0 aliphatic rings. The maximum Gasteiger partial charge on any atom is 0.293 e. The summed E-state index contributed by atoms with van der Waals surface area (Å²) in [4.78, 5) is 12.1.